The first-order valence-corrected chi connectivity index (χ1v) is 8.49. The van der Waals surface area contributed by atoms with E-state index in [1.165, 1.54) is 12.5 Å². The second kappa shape index (κ2) is 7.86. The highest BCUT2D eigenvalue weighted by Gasteiger charge is 2.25. The Hall–Kier alpha value is -3.09. The van der Waals surface area contributed by atoms with Crippen molar-refractivity contribution in [1.82, 2.24) is 15.1 Å². The fraction of sp³-hybridized carbons (Fsp3) is 0.316. The molecule has 136 valence electrons. The standard InChI is InChI=1S/C19H21N3O4/c1-14-4-2-3-5-16(14)18(24)20-12-17(23)21-7-9-22(10-8-21)19(25)15-6-11-26-13-15/h2-6,11,13H,7-10,12H2,1H3,(H,20,24). The van der Waals surface area contributed by atoms with Crippen LogP contribution < -0.4 is 5.32 Å². The van der Waals surface area contributed by atoms with E-state index >= 15 is 0 Å². The maximum Gasteiger partial charge on any atom is 0.257 e. The van der Waals surface area contributed by atoms with Gasteiger partial charge in [0.1, 0.15) is 6.26 Å². The van der Waals surface area contributed by atoms with E-state index in [2.05, 4.69) is 5.32 Å². The zero-order chi connectivity index (χ0) is 18.5. The Kier molecular flexibility index (Phi) is 5.36. The maximum absolute atomic E-state index is 12.3. The molecule has 0 spiro atoms. The average molecular weight is 355 g/mol. The number of nitrogens with one attached hydrogen (secondary N) is 1. The molecule has 0 atom stereocenters. The van der Waals surface area contributed by atoms with Crippen LogP contribution >= 0.6 is 0 Å². The van der Waals surface area contributed by atoms with E-state index in [1.54, 1.807) is 28.0 Å². The lowest BCUT2D eigenvalue weighted by Gasteiger charge is -2.34. The molecule has 7 heteroatoms. The van der Waals surface area contributed by atoms with Crippen molar-refractivity contribution in [2.24, 2.45) is 0 Å². The summed E-state index contributed by atoms with van der Waals surface area (Å²) in [6.07, 6.45) is 2.88. The van der Waals surface area contributed by atoms with Gasteiger partial charge in [-0.1, -0.05) is 18.2 Å². The Morgan fingerprint density at radius 2 is 1.73 bits per heavy atom. The van der Waals surface area contributed by atoms with Crippen LogP contribution in [0.1, 0.15) is 26.3 Å². The highest BCUT2D eigenvalue weighted by molar-refractivity contribution is 5.97. The number of piperazine rings is 1. The van der Waals surface area contributed by atoms with E-state index < -0.39 is 0 Å². The van der Waals surface area contributed by atoms with E-state index in [1.807, 2.05) is 19.1 Å². The largest absolute Gasteiger partial charge is 0.472 e. The van der Waals surface area contributed by atoms with Gasteiger partial charge in [0.25, 0.3) is 11.8 Å². The molecule has 1 N–H and O–H groups in total. The van der Waals surface area contributed by atoms with Gasteiger partial charge in [-0.2, -0.15) is 0 Å². The number of amides is 3. The lowest BCUT2D eigenvalue weighted by molar-refractivity contribution is -0.131. The van der Waals surface area contributed by atoms with Crippen LogP contribution in [0.4, 0.5) is 0 Å². The molecular weight excluding hydrogens is 334 g/mol. The number of hydrogen-bond acceptors (Lipinski definition) is 4. The van der Waals surface area contributed by atoms with Crippen molar-refractivity contribution in [3.63, 3.8) is 0 Å². The molecule has 3 amide bonds. The van der Waals surface area contributed by atoms with Gasteiger partial charge < -0.3 is 19.5 Å². The Labute approximate surface area is 151 Å². The predicted molar refractivity (Wildman–Crippen MR) is 94.7 cm³/mol. The molecule has 0 unspecified atom stereocenters. The van der Waals surface area contributed by atoms with Crippen molar-refractivity contribution in [3.05, 3.63) is 59.5 Å². The molecule has 0 saturated carbocycles. The molecule has 1 saturated heterocycles. The molecule has 1 fully saturated rings. The molecule has 7 nitrogen and oxygen atoms in total. The number of furan rings is 1. The van der Waals surface area contributed by atoms with Crippen LogP contribution in [-0.4, -0.2) is 60.2 Å². The summed E-state index contributed by atoms with van der Waals surface area (Å²) in [6, 6.07) is 8.87. The average Bonchev–Trinajstić information content (AvgIpc) is 3.20. The highest BCUT2D eigenvalue weighted by atomic mass is 16.3. The molecule has 0 bridgehead atoms. The third-order valence-corrected chi connectivity index (χ3v) is 4.48. The van der Waals surface area contributed by atoms with E-state index in [0.29, 0.717) is 37.3 Å². The predicted octanol–water partition coefficient (Wildman–Crippen LogP) is 1.30. The summed E-state index contributed by atoms with van der Waals surface area (Å²) in [5.41, 5.74) is 1.94. The van der Waals surface area contributed by atoms with Gasteiger partial charge >= 0.3 is 0 Å². The molecule has 1 aromatic heterocycles. The second-order valence-corrected chi connectivity index (χ2v) is 6.18. The number of rotatable bonds is 4. The number of nitrogens with zero attached hydrogens (tertiary/aromatic N) is 2. The normalized spacial score (nSPS) is 14.2. The molecule has 0 radical (unpaired) electrons. The summed E-state index contributed by atoms with van der Waals surface area (Å²) in [5.74, 6) is -0.508. The lowest BCUT2D eigenvalue weighted by atomic mass is 10.1. The minimum atomic E-state index is -0.259. The number of aryl methyl sites for hydroxylation is 1. The van der Waals surface area contributed by atoms with Gasteiger partial charge in [-0.25, -0.2) is 0 Å². The fourth-order valence-electron chi connectivity index (χ4n) is 2.92. The highest BCUT2D eigenvalue weighted by Crippen LogP contribution is 2.10. The summed E-state index contributed by atoms with van der Waals surface area (Å²) in [4.78, 5) is 40.1. The summed E-state index contributed by atoms with van der Waals surface area (Å²) < 4.78 is 4.93. The van der Waals surface area contributed by atoms with E-state index in [-0.39, 0.29) is 24.3 Å². The fourth-order valence-corrected chi connectivity index (χ4v) is 2.92. The molecule has 3 rings (SSSR count). The van der Waals surface area contributed by atoms with Crippen LogP contribution in [0, 0.1) is 6.92 Å². The van der Waals surface area contributed by atoms with Gasteiger partial charge in [-0.05, 0) is 24.6 Å². The third kappa shape index (κ3) is 3.93. The minimum absolute atomic E-state index is 0.0527. The van der Waals surface area contributed by atoms with Gasteiger partial charge in [0.05, 0.1) is 18.4 Å². The van der Waals surface area contributed by atoms with E-state index in [9.17, 15) is 14.4 Å². The van der Waals surface area contributed by atoms with Crippen LogP contribution in [0.2, 0.25) is 0 Å². The summed E-state index contributed by atoms with van der Waals surface area (Å²) in [6.45, 7) is 3.62. The molecule has 26 heavy (non-hydrogen) atoms. The Morgan fingerprint density at radius 1 is 1.04 bits per heavy atom. The van der Waals surface area contributed by atoms with Gasteiger partial charge in [0.15, 0.2) is 0 Å². The van der Waals surface area contributed by atoms with Crippen molar-refractivity contribution in [1.29, 1.82) is 0 Å². The third-order valence-electron chi connectivity index (χ3n) is 4.48. The van der Waals surface area contributed by atoms with Gasteiger partial charge in [-0.15, -0.1) is 0 Å². The van der Waals surface area contributed by atoms with Crippen LogP contribution in [0.5, 0.6) is 0 Å². The first kappa shape index (κ1) is 17.7. The lowest BCUT2D eigenvalue weighted by Crippen LogP contribution is -2.52. The Bertz CT molecular complexity index is 793. The zero-order valence-electron chi connectivity index (χ0n) is 14.6. The summed E-state index contributed by atoms with van der Waals surface area (Å²) in [5, 5.41) is 2.67. The molecule has 0 aliphatic carbocycles. The quantitative estimate of drug-likeness (QED) is 0.896. The number of carbonyl (C=O) groups excluding carboxylic acids is 3. The van der Waals surface area contributed by atoms with Crippen LogP contribution in [-0.2, 0) is 4.79 Å². The second-order valence-electron chi connectivity index (χ2n) is 6.18. The zero-order valence-corrected chi connectivity index (χ0v) is 14.6. The molecule has 1 aliphatic heterocycles. The topological polar surface area (TPSA) is 82.9 Å². The SMILES string of the molecule is Cc1ccccc1C(=O)NCC(=O)N1CCN(C(=O)c2ccoc2)CC1. The summed E-state index contributed by atoms with van der Waals surface area (Å²) in [7, 11) is 0. The molecule has 2 aromatic rings. The Balaban J connectivity index is 1.47. The number of benzene rings is 1. The van der Waals surface area contributed by atoms with Crippen LogP contribution in [0.3, 0.4) is 0 Å². The molecular formula is C19H21N3O4. The van der Waals surface area contributed by atoms with Crippen molar-refractivity contribution >= 4 is 17.7 Å². The van der Waals surface area contributed by atoms with E-state index in [4.69, 9.17) is 4.42 Å². The number of carbonyl (C=O) groups is 3. The van der Waals surface area contributed by atoms with Crippen LogP contribution in [0.15, 0.2) is 47.3 Å². The monoisotopic (exact) mass is 355 g/mol. The van der Waals surface area contributed by atoms with Gasteiger partial charge in [0, 0.05) is 31.7 Å². The minimum Gasteiger partial charge on any atom is -0.472 e. The smallest absolute Gasteiger partial charge is 0.257 e. The van der Waals surface area contributed by atoms with Crippen molar-refractivity contribution < 1.29 is 18.8 Å². The van der Waals surface area contributed by atoms with Crippen molar-refractivity contribution in [3.8, 4) is 0 Å². The van der Waals surface area contributed by atoms with Crippen molar-refractivity contribution in [2.75, 3.05) is 32.7 Å². The molecule has 1 aromatic carbocycles. The maximum atomic E-state index is 12.3. The van der Waals surface area contributed by atoms with Crippen LogP contribution in [0.25, 0.3) is 0 Å². The van der Waals surface area contributed by atoms with E-state index in [0.717, 1.165) is 5.56 Å². The first-order chi connectivity index (χ1) is 12.6. The van der Waals surface area contributed by atoms with Gasteiger partial charge in [0.2, 0.25) is 5.91 Å². The summed E-state index contributed by atoms with van der Waals surface area (Å²) >= 11 is 0. The van der Waals surface area contributed by atoms with Gasteiger partial charge in [-0.3, -0.25) is 14.4 Å². The number of hydrogen-bond donors (Lipinski definition) is 1. The van der Waals surface area contributed by atoms with Crippen molar-refractivity contribution in [2.45, 2.75) is 6.92 Å². The molecule has 1 aliphatic rings. The Morgan fingerprint density at radius 3 is 2.38 bits per heavy atom. The first-order valence-electron chi connectivity index (χ1n) is 8.49. The molecule has 2 heterocycles.